The Morgan fingerprint density at radius 2 is 2.15 bits per heavy atom. The summed E-state index contributed by atoms with van der Waals surface area (Å²) in [5.74, 6) is 1.10. The van der Waals surface area contributed by atoms with E-state index in [-0.39, 0.29) is 36.4 Å². The average Bonchev–Trinajstić information content (AvgIpc) is 3.14. The molecule has 3 rings (SSSR count). The molecule has 0 radical (unpaired) electrons. The molecule has 1 amide bonds. The number of nitrogens with two attached hydrogens (primary N) is 1. The third-order valence-electron chi connectivity index (χ3n) is 5.33. The summed E-state index contributed by atoms with van der Waals surface area (Å²) in [6.07, 6.45) is 6.11. The van der Waals surface area contributed by atoms with E-state index in [0.29, 0.717) is 13.1 Å². The molecule has 1 aromatic rings. The van der Waals surface area contributed by atoms with Crippen molar-refractivity contribution in [2.45, 2.75) is 57.2 Å². The first kappa shape index (κ1) is 21.0. The van der Waals surface area contributed by atoms with Crippen molar-refractivity contribution in [2.75, 3.05) is 20.3 Å². The van der Waals surface area contributed by atoms with Gasteiger partial charge in [-0.1, -0.05) is 18.6 Å². The Bertz CT molecular complexity index is 578. The maximum atomic E-state index is 13.2. The van der Waals surface area contributed by atoms with Crippen LogP contribution in [0.15, 0.2) is 24.3 Å². The highest BCUT2D eigenvalue weighted by molar-refractivity contribution is 5.85. The largest absolute Gasteiger partial charge is 0.497 e. The third kappa shape index (κ3) is 5.60. The molecular formula is C20H31ClN2O3. The molecule has 3 unspecified atom stereocenters. The Hall–Kier alpha value is -1.30. The number of carbonyl (C=O) groups is 1. The standard InChI is InChI=1S/C20H30N2O3.ClH/c1-24-18-8-2-5-15(11-18)13-22(14-19-9-4-10-25-19)20(23)16-6-3-7-17(21)12-16;/h2,5,8,11,16-17,19H,3-4,6-7,9-10,12-14,21H2,1H3;1H. The Balaban J connectivity index is 0.00000243. The van der Waals surface area contributed by atoms with Gasteiger partial charge in [-0.15, -0.1) is 12.4 Å². The van der Waals surface area contributed by atoms with E-state index >= 15 is 0 Å². The van der Waals surface area contributed by atoms with Gasteiger partial charge in [-0.3, -0.25) is 4.79 Å². The number of benzene rings is 1. The lowest BCUT2D eigenvalue weighted by molar-refractivity contribution is -0.139. The minimum atomic E-state index is 0. The monoisotopic (exact) mass is 382 g/mol. The smallest absolute Gasteiger partial charge is 0.226 e. The maximum absolute atomic E-state index is 13.2. The van der Waals surface area contributed by atoms with Crippen molar-refractivity contribution in [1.29, 1.82) is 0 Å². The van der Waals surface area contributed by atoms with Gasteiger partial charge in [0.1, 0.15) is 5.75 Å². The predicted molar refractivity (Wildman–Crippen MR) is 105 cm³/mol. The number of methoxy groups -OCH3 is 1. The van der Waals surface area contributed by atoms with Gasteiger partial charge >= 0.3 is 0 Å². The van der Waals surface area contributed by atoms with Crippen molar-refractivity contribution in [3.05, 3.63) is 29.8 Å². The Morgan fingerprint density at radius 3 is 2.85 bits per heavy atom. The zero-order valence-electron chi connectivity index (χ0n) is 15.6. The number of rotatable bonds is 6. The molecule has 0 aromatic heterocycles. The molecule has 146 valence electrons. The molecule has 1 aromatic carbocycles. The number of carbonyl (C=O) groups excluding carboxylic acids is 1. The summed E-state index contributed by atoms with van der Waals surface area (Å²) >= 11 is 0. The van der Waals surface area contributed by atoms with E-state index in [1.54, 1.807) is 7.11 Å². The molecule has 3 atom stereocenters. The fraction of sp³-hybridized carbons (Fsp3) is 0.650. The van der Waals surface area contributed by atoms with Crippen LogP contribution in [0.2, 0.25) is 0 Å². The van der Waals surface area contributed by atoms with E-state index in [4.69, 9.17) is 15.2 Å². The minimum Gasteiger partial charge on any atom is -0.497 e. The second-order valence-corrected chi connectivity index (χ2v) is 7.33. The summed E-state index contributed by atoms with van der Waals surface area (Å²) < 4.78 is 11.1. The van der Waals surface area contributed by atoms with Gasteiger partial charge in [0, 0.05) is 31.7 Å². The molecule has 1 saturated carbocycles. The van der Waals surface area contributed by atoms with Gasteiger partial charge in [0.15, 0.2) is 0 Å². The number of hydrogen-bond donors (Lipinski definition) is 1. The molecule has 5 nitrogen and oxygen atoms in total. The Kier molecular flexibility index (Phi) is 8.19. The molecule has 2 aliphatic rings. The normalized spacial score (nSPS) is 25.4. The van der Waals surface area contributed by atoms with Gasteiger partial charge < -0.3 is 20.1 Å². The molecule has 6 heteroatoms. The Labute approximate surface area is 162 Å². The van der Waals surface area contributed by atoms with E-state index in [1.165, 1.54) is 0 Å². The topological polar surface area (TPSA) is 64.8 Å². The van der Waals surface area contributed by atoms with Crippen molar-refractivity contribution in [3.63, 3.8) is 0 Å². The maximum Gasteiger partial charge on any atom is 0.226 e. The Morgan fingerprint density at radius 1 is 1.31 bits per heavy atom. The van der Waals surface area contributed by atoms with Gasteiger partial charge in [0.2, 0.25) is 5.91 Å². The lowest BCUT2D eigenvalue weighted by Gasteiger charge is -2.33. The molecule has 1 saturated heterocycles. The van der Waals surface area contributed by atoms with Crippen molar-refractivity contribution in [1.82, 2.24) is 4.90 Å². The number of hydrogen-bond acceptors (Lipinski definition) is 4. The van der Waals surface area contributed by atoms with Gasteiger partial charge in [-0.2, -0.15) is 0 Å². The summed E-state index contributed by atoms with van der Waals surface area (Å²) in [7, 11) is 1.66. The van der Waals surface area contributed by atoms with E-state index in [1.807, 2.05) is 29.2 Å². The van der Waals surface area contributed by atoms with Crippen LogP contribution in [0, 0.1) is 5.92 Å². The molecule has 2 N–H and O–H groups in total. The summed E-state index contributed by atoms with van der Waals surface area (Å²) in [5.41, 5.74) is 7.19. The van der Waals surface area contributed by atoms with Crippen LogP contribution in [0.25, 0.3) is 0 Å². The molecule has 2 fully saturated rings. The minimum absolute atomic E-state index is 0. The van der Waals surface area contributed by atoms with E-state index in [2.05, 4.69) is 0 Å². The van der Waals surface area contributed by atoms with Crippen LogP contribution in [0.3, 0.4) is 0 Å². The number of amides is 1. The van der Waals surface area contributed by atoms with Crippen LogP contribution in [0.1, 0.15) is 44.1 Å². The highest BCUT2D eigenvalue weighted by atomic mass is 35.5. The SMILES string of the molecule is COc1cccc(CN(CC2CCCO2)C(=O)C2CCCC(N)C2)c1.Cl. The average molecular weight is 383 g/mol. The van der Waals surface area contributed by atoms with Crippen LogP contribution in [-0.2, 0) is 16.1 Å². The quantitative estimate of drug-likeness (QED) is 0.820. The lowest BCUT2D eigenvalue weighted by Crippen LogP contribution is -2.43. The van der Waals surface area contributed by atoms with Crippen LogP contribution < -0.4 is 10.5 Å². The van der Waals surface area contributed by atoms with Crippen LogP contribution in [0.4, 0.5) is 0 Å². The second kappa shape index (κ2) is 10.1. The van der Waals surface area contributed by atoms with Gasteiger partial charge in [0.25, 0.3) is 0 Å². The van der Waals surface area contributed by atoms with E-state index in [9.17, 15) is 4.79 Å². The van der Waals surface area contributed by atoms with Crippen molar-refractivity contribution >= 4 is 18.3 Å². The molecule has 0 bridgehead atoms. The fourth-order valence-corrected chi connectivity index (χ4v) is 3.97. The lowest BCUT2D eigenvalue weighted by atomic mass is 9.85. The van der Waals surface area contributed by atoms with Crippen molar-refractivity contribution in [3.8, 4) is 5.75 Å². The molecule has 0 spiro atoms. The summed E-state index contributed by atoms with van der Waals surface area (Å²) in [5, 5.41) is 0. The zero-order chi connectivity index (χ0) is 17.6. The predicted octanol–water partition coefficient (Wildman–Crippen LogP) is 3.14. The highest BCUT2D eigenvalue weighted by Crippen LogP contribution is 2.27. The van der Waals surface area contributed by atoms with Crippen molar-refractivity contribution in [2.24, 2.45) is 11.7 Å². The first-order valence-electron chi connectivity index (χ1n) is 9.44. The molecule has 1 aliphatic carbocycles. The first-order valence-corrected chi connectivity index (χ1v) is 9.44. The van der Waals surface area contributed by atoms with E-state index in [0.717, 1.165) is 56.4 Å². The van der Waals surface area contributed by atoms with Gasteiger partial charge in [-0.25, -0.2) is 0 Å². The zero-order valence-corrected chi connectivity index (χ0v) is 16.4. The van der Waals surface area contributed by atoms with Crippen LogP contribution in [0.5, 0.6) is 5.75 Å². The molecular weight excluding hydrogens is 352 g/mol. The number of nitrogens with zero attached hydrogens (tertiary/aromatic N) is 1. The van der Waals surface area contributed by atoms with E-state index < -0.39 is 0 Å². The summed E-state index contributed by atoms with van der Waals surface area (Å²) in [6.45, 7) is 2.07. The highest BCUT2D eigenvalue weighted by Gasteiger charge is 2.31. The van der Waals surface area contributed by atoms with Crippen LogP contribution in [-0.4, -0.2) is 43.2 Å². The third-order valence-corrected chi connectivity index (χ3v) is 5.33. The molecule has 1 aliphatic heterocycles. The van der Waals surface area contributed by atoms with Crippen molar-refractivity contribution < 1.29 is 14.3 Å². The summed E-state index contributed by atoms with van der Waals surface area (Å²) in [6, 6.07) is 8.10. The molecule has 1 heterocycles. The number of ether oxygens (including phenoxy) is 2. The summed E-state index contributed by atoms with van der Waals surface area (Å²) in [4.78, 5) is 15.2. The first-order chi connectivity index (χ1) is 12.2. The number of halogens is 1. The van der Waals surface area contributed by atoms with Gasteiger partial charge in [0.05, 0.1) is 13.2 Å². The second-order valence-electron chi connectivity index (χ2n) is 7.33. The van der Waals surface area contributed by atoms with Gasteiger partial charge in [-0.05, 0) is 49.8 Å². The fourth-order valence-electron chi connectivity index (χ4n) is 3.97. The van der Waals surface area contributed by atoms with Crippen LogP contribution >= 0.6 is 12.4 Å². The molecule has 26 heavy (non-hydrogen) atoms.